The van der Waals surface area contributed by atoms with E-state index in [0.717, 1.165) is 12.2 Å². The van der Waals surface area contributed by atoms with Gasteiger partial charge in [0.15, 0.2) is 0 Å². The molecule has 1 aliphatic rings. The standard InChI is InChI=1S/C16H14Cl2O/c17-16(18)10-14(16)11-19-15-8-6-13(7-9-15)12-4-2-1-3-5-12/h1-9,14H,10-11H2. The van der Waals surface area contributed by atoms with Crippen LogP contribution in [0.2, 0.25) is 0 Å². The summed E-state index contributed by atoms with van der Waals surface area (Å²) in [6.45, 7) is 0.581. The average Bonchev–Trinajstić information content (AvgIpc) is 3.06. The molecule has 2 aromatic rings. The van der Waals surface area contributed by atoms with Crippen molar-refractivity contribution in [3.63, 3.8) is 0 Å². The van der Waals surface area contributed by atoms with Crippen LogP contribution in [-0.4, -0.2) is 10.9 Å². The van der Waals surface area contributed by atoms with Crippen LogP contribution in [-0.2, 0) is 0 Å². The fourth-order valence-corrected chi connectivity index (χ4v) is 2.52. The molecule has 1 fully saturated rings. The van der Waals surface area contributed by atoms with E-state index in [9.17, 15) is 0 Å². The Kier molecular flexibility index (Phi) is 3.42. The van der Waals surface area contributed by atoms with Gasteiger partial charge in [-0.2, -0.15) is 0 Å². The van der Waals surface area contributed by atoms with Crippen molar-refractivity contribution in [2.45, 2.75) is 10.8 Å². The van der Waals surface area contributed by atoms with Crippen molar-refractivity contribution >= 4 is 23.2 Å². The Bertz CT molecular complexity index is 549. The lowest BCUT2D eigenvalue weighted by atomic mass is 10.1. The first kappa shape index (κ1) is 12.8. The highest BCUT2D eigenvalue weighted by Crippen LogP contribution is 2.53. The van der Waals surface area contributed by atoms with Crippen LogP contribution < -0.4 is 4.74 Å². The second kappa shape index (κ2) is 5.07. The van der Waals surface area contributed by atoms with Crippen molar-refractivity contribution in [2.24, 2.45) is 5.92 Å². The van der Waals surface area contributed by atoms with Crippen molar-refractivity contribution in [1.82, 2.24) is 0 Å². The Morgan fingerprint density at radius 3 is 2.11 bits per heavy atom. The largest absolute Gasteiger partial charge is 0.493 e. The maximum absolute atomic E-state index is 5.96. The van der Waals surface area contributed by atoms with Gasteiger partial charge >= 0.3 is 0 Å². The normalized spacial score (nSPS) is 20.0. The summed E-state index contributed by atoms with van der Waals surface area (Å²) in [6.07, 6.45) is 0.818. The topological polar surface area (TPSA) is 9.23 Å². The molecule has 1 aliphatic carbocycles. The number of hydrogen-bond acceptors (Lipinski definition) is 1. The van der Waals surface area contributed by atoms with Gasteiger partial charge in [0.25, 0.3) is 0 Å². The summed E-state index contributed by atoms with van der Waals surface area (Å²) in [7, 11) is 0. The molecule has 0 radical (unpaired) electrons. The third-order valence-corrected chi connectivity index (χ3v) is 4.29. The second-order valence-corrected chi connectivity index (χ2v) is 6.41. The molecule has 1 unspecified atom stereocenters. The molecule has 3 rings (SSSR count). The molecule has 1 nitrogen and oxygen atoms in total. The molecule has 0 spiro atoms. The van der Waals surface area contributed by atoms with Gasteiger partial charge in [0.1, 0.15) is 10.1 Å². The first-order chi connectivity index (χ1) is 9.15. The maximum atomic E-state index is 5.96. The van der Waals surface area contributed by atoms with Gasteiger partial charge in [0, 0.05) is 5.92 Å². The Morgan fingerprint density at radius 1 is 0.947 bits per heavy atom. The summed E-state index contributed by atoms with van der Waals surface area (Å²) in [4.78, 5) is 0. The first-order valence-electron chi connectivity index (χ1n) is 6.31. The summed E-state index contributed by atoms with van der Waals surface area (Å²) in [5.41, 5.74) is 2.39. The van der Waals surface area contributed by atoms with Gasteiger partial charge in [-0.15, -0.1) is 23.2 Å². The molecule has 0 amide bonds. The van der Waals surface area contributed by atoms with E-state index in [4.69, 9.17) is 27.9 Å². The van der Waals surface area contributed by atoms with Crippen molar-refractivity contribution in [2.75, 3.05) is 6.61 Å². The van der Waals surface area contributed by atoms with Crippen LogP contribution in [0.15, 0.2) is 54.6 Å². The highest BCUT2D eigenvalue weighted by molar-refractivity contribution is 6.50. The number of alkyl halides is 2. The van der Waals surface area contributed by atoms with E-state index in [-0.39, 0.29) is 5.92 Å². The van der Waals surface area contributed by atoms with Crippen molar-refractivity contribution in [3.05, 3.63) is 54.6 Å². The first-order valence-corrected chi connectivity index (χ1v) is 7.07. The molecular formula is C16H14Cl2O. The van der Waals surface area contributed by atoms with Gasteiger partial charge in [-0.1, -0.05) is 42.5 Å². The number of hydrogen-bond donors (Lipinski definition) is 0. The molecule has 0 aliphatic heterocycles. The number of rotatable bonds is 4. The van der Waals surface area contributed by atoms with Crippen LogP contribution in [0.5, 0.6) is 5.75 Å². The van der Waals surface area contributed by atoms with Gasteiger partial charge in [-0.25, -0.2) is 0 Å². The van der Waals surface area contributed by atoms with E-state index in [1.54, 1.807) is 0 Å². The van der Waals surface area contributed by atoms with Crippen LogP contribution in [0.25, 0.3) is 11.1 Å². The van der Waals surface area contributed by atoms with Gasteiger partial charge in [-0.05, 0) is 29.7 Å². The molecule has 0 bridgehead atoms. The lowest BCUT2D eigenvalue weighted by molar-refractivity contribution is 0.298. The molecule has 2 aromatic carbocycles. The minimum absolute atomic E-state index is 0.254. The second-order valence-electron chi connectivity index (χ2n) is 4.86. The SMILES string of the molecule is ClC1(Cl)CC1COc1ccc(-c2ccccc2)cc1. The van der Waals surface area contributed by atoms with Crippen molar-refractivity contribution < 1.29 is 4.74 Å². The van der Waals surface area contributed by atoms with Gasteiger partial charge in [-0.3, -0.25) is 0 Å². The predicted molar refractivity (Wildman–Crippen MR) is 79.9 cm³/mol. The molecule has 0 aromatic heterocycles. The third kappa shape index (κ3) is 3.05. The Morgan fingerprint density at radius 2 is 1.53 bits per heavy atom. The quantitative estimate of drug-likeness (QED) is 0.726. The van der Waals surface area contributed by atoms with E-state index < -0.39 is 4.33 Å². The zero-order valence-electron chi connectivity index (χ0n) is 10.4. The van der Waals surface area contributed by atoms with Gasteiger partial charge in [0.05, 0.1) is 6.61 Å². The fraction of sp³-hybridized carbons (Fsp3) is 0.250. The van der Waals surface area contributed by atoms with Crippen LogP contribution >= 0.6 is 23.2 Å². The summed E-state index contributed by atoms with van der Waals surface area (Å²) in [5.74, 6) is 1.11. The Hall–Kier alpha value is -1.18. The molecule has 3 heteroatoms. The van der Waals surface area contributed by atoms with E-state index in [1.807, 2.05) is 30.3 Å². The van der Waals surface area contributed by atoms with Crippen LogP contribution in [0, 0.1) is 5.92 Å². The van der Waals surface area contributed by atoms with Crippen LogP contribution in [0.3, 0.4) is 0 Å². The molecule has 0 N–H and O–H groups in total. The van der Waals surface area contributed by atoms with E-state index in [2.05, 4.69) is 24.3 Å². The third-order valence-electron chi connectivity index (χ3n) is 3.37. The number of ether oxygens (including phenoxy) is 1. The molecule has 1 saturated carbocycles. The minimum atomic E-state index is -0.565. The van der Waals surface area contributed by atoms with Crippen molar-refractivity contribution in [3.8, 4) is 16.9 Å². The summed E-state index contributed by atoms with van der Waals surface area (Å²) < 4.78 is 5.12. The van der Waals surface area contributed by atoms with Gasteiger partial charge in [0.2, 0.25) is 0 Å². The smallest absolute Gasteiger partial charge is 0.125 e. The summed E-state index contributed by atoms with van der Waals surface area (Å²) in [5, 5.41) is 0. The zero-order valence-corrected chi connectivity index (χ0v) is 11.9. The number of benzene rings is 2. The van der Waals surface area contributed by atoms with E-state index in [1.165, 1.54) is 11.1 Å². The summed E-state index contributed by atoms with van der Waals surface area (Å²) >= 11 is 11.9. The zero-order chi connectivity index (χ0) is 13.3. The predicted octanol–water partition coefficient (Wildman–Crippen LogP) is 4.93. The lowest BCUT2D eigenvalue weighted by Gasteiger charge is -2.07. The minimum Gasteiger partial charge on any atom is -0.493 e. The number of halogens is 2. The van der Waals surface area contributed by atoms with E-state index in [0.29, 0.717) is 6.61 Å². The van der Waals surface area contributed by atoms with Crippen LogP contribution in [0.1, 0.15) is 6.42 Å². The molecule has 1 atom stereocenters. The molecule has 19 heavy (non-hydrogen) atoms. The van der Waals surface area contributed by atoms with Crippen LogP contribution in [0.4, 0.5) is 0 Å². The Labute approximate surface area is 123 Å². The average molecular weight is 293 g/mol. The highest BCUT2D eigenvalue weighted by Gasteiger charge is 2.52. The molecular weight excluding hydrogens is 279 g/mol. The molecule has 0 heterocycles. The summed E-state index contributed by atoms with van der Waals surface area (Å²) in [6, 6.07) is 18.4. The van der Waals surface area contributed by atoms with Crippen molar-refractivity contribution in [1.29, 1.82) is 0 Å². The maximum Gasteiger partial charge on any atom is 0.125 e. The van der Waals surface area contributed by atoms with E-state index >= 15 is 0 Å². The molecule has 98 valence electrons. The monoisotopic (exact) mass is 292 g/mol. The highest BCUT2D eigenvalue weighted by atomic mass is 35.5. The van der Waals surface area contributed by atoms with Gasteiger partial charge < -0.3 is 4.74 Å². The Balaban J connectivity index is 1.63. The lowest BCUT2D eigenvalue weighted by Crippen LogP contribution is -2.04. The molecule has 0 saturated heterocycles. The fourth-order valence-electron chi connectivity index (χ4n) is 2.02.